The predicted molar refractivity (Wildman–Crippen MR) is 115 cm³/mol. The standard InChI is InChI=1S/C23H23N5O2/c1-17-4-2-7-20-22(17)26-16-28(23(20)30)10-8-21(29)25-13-18-5-3-6-19(12-18)14-27-11-9-24-15-27/h2-7,9,11-12,15-16H,8,10,13-14H2,1H3,(H,25,29). The molecule has 4 rings (SSSR count). The van der Waals surface area contributed by atoms with Crippen molar-refractivity contribution in [1.82, 2.24) is 24.4 Å². The highest BCUT2D eigenvalue weighted by atomic mass is 16.1. The molecule has 2 heterocycles. The van der Waals surface area contributed by atoms with Gasteiger partial charge < -0.3 is 9.88 Å². The lowest BCUT2D eigenvalue weighted by atomic mass is 10.1. The first kappa shape index (κ1) is 19.6. The third kappa shape index (κ3) is 4.46. The van der Waals surface area contributed by atoms with Crippen LogP contribution in [-0.2, 0) is 24.4 Å². The SMILES string of the molecule is Cc1cccc2c(=O)n(CCC(=O)NCc3cccc(Cn4ccnc4)c3)cnc12. The van der Waals surface area contributed by atoms with Gasteiger partial charge in [-0.15, -0.1) is 0 Å². The monoisotopic (exact) mass is 401 g/mol. The summed E-state index contributed by atoms with van der Waals surface area (Å²) in [6.07, 6.45) is 7.18. The van der Waals surface area contributed by atoms with Crippen LogP contribution in [0.3, 0.4) is 0 Å². The van der Waals surface area contributed by atoms with Crippen LogP contribution >= 0.6 is 0 Å². The van der Waals surface area contributed by atoms with E-state index in [1.165, 1.54) is 10.9 Å². The van der Waals surface area contributed by atoms with E-state index in [0.717, 1.165) is 23.2 Å². The number of para-hydroxylation sites is 1. The molecule has 0 fully saturated rings. The van der Waals surface area contributed by atoms with Gasteiger partial charge in [-0.2, -0.15) is 0 Å². The first-order chi connectivity index (χ1) is 14.6. The summed E-state index contributed by atoms with van der Waals surface area (Å²) in [6, 6.07) is 13.6. The Kier molecular flexibility index (Phi) is 5.70. The molecule has 0 spiro atoms. The summed E-state index contributed by atoms with van der Waals surface area (Å²) in [4.78, 5) is 33.4. The minimum absolute atomic E-state index is 0.105. The Bertz CT molecular complexity index is 1230. The molecule has 0 atom stereocenters. The number of imidazole rings is 1. The van der Waals surface area contributed by atoms with Crippen molar-refractivity contribution >= 4 is 16.8 Å². The summed E-state index contributed by atoms with van der Waals surface area (Å²) in [5.41, 5.74) is 3.72. The van der Waals surface area contributed by atoms with Gasteiger partial charge in [-0.25, -0.2) is 9.97 Å². The Balaban J connectivity index is 1.34. The molecule has 2 aromatic carbocycles. The van der Waals surface area contributed by atoms with Crippen molar-refractivity contribution in [3.63, 3.8) is 0 Å². The molecule has 0 radical (unpaired) electrons. The third-order valence-electron chi connectivity index (χ3n) is 5.04. The van der Waals surface area contributed by atoms with Gasteiger partial charge in [0.25, 0.3) is 5.56 Å². The van der Waals surface area contributed by atoms with Crippen molar-refractivity contribution in [2.45, 2.75) is 33.0 Å². The second-order valence-corrected chi connectivity index (χ2v) is 7.30. The highest BCUT2D eigenvalue weighted by Gasteiger charge is 2.08. The van der Waals surface area contributed by atoms with Gasteiger partial charge in [0.15, 0.2) is 0 Å². The smallest absolute Gasteiger partial charge is 0.261 e. The van der Waals surface area contributed by atoms with Gasteiger partial charge in [0, 0.05) is 38.4 Å². The fourth-order valence-electron chi connectivity index (χ4n) is 3.44. The number of carbonyl (C=O) groups is 1. The first-order valence-corrected chi connectivity index (χ1v) is 9.85. The van der Waals surface area contributed by atoms with Crippen LogP contribution in [0.1, 0.15) is 23.1 Å². The highest BCUT2D eigenvalue weighted by Crippen LogP contribution is 2.11. The molecule has 0 aliphatic rings. The maximum absolute atomic E-state index is 12.6. The number of carbonyl (C=O) groups excluding carboxylic acids is 1. The molecule has 0 saturated carbocycles. The van der Waals surface area contributed by atoms with Gasteiger partial charge in [-0.3, -0.25) is 14.2 Å². The molecular formula is C23H23N5O2. The Morgan fingerprint density at radius 3 is 2.77 bits per heavy atom. The number of benzene rings is 2. The molecule has 7 nitrogen and oxygen atoms in total. The van der Waals surface area contributed by atoms with E-state index in [-0.39, 0.29) is 17.9 Å². The average Bonchev–Trinajstić information content (AvgIpc) is 3.26. The van der Waals surface area contributed by atoms with E-state index in [9.17, 15) is 9.59 Å². The third-order valence-corrected chi connectivity index (χ3v) is 5.04. The second kappa shape index (κ2) is 8.73. The van der Waals surface area contributed by atoms with Crippen LogP contribution in [0.5, 0.6) is 0 Å². The lowest BCUT2D eigenvalue weighted by Gasteiger charge is -2.10. The van der Waals surface area contributed by atoms with Gasteiger partial charge >= 0.3 is 0 Å². The van der Waals surface area contributed by atoms with Crippen LogP contribution in [0.2, 0.25) is 0 Å². The quantitative estimate of drug-likeness (QED) is 0.516. The normalized spacial score (nSPS) is 11.0. The van der Waals surface area contributed by atoms with Crippen LogP contribution in [-0.4, -0.2) is 25.0 Å². The summed E-state index contributed by atoms with van der Waals surface area (Å²) < 4.78 is 3.49. The van der Waals surface area contributed by atoms with Crippen molar-refractivity contribution in [3.05, 3.63) is 94.6 Å². The number of nitrogens with one attached hydrogen (secondary N) is 1. The van der Waals surface area contributed by atoms with Crippen molar-refractivity contribution in [1.29, 1.82) is 0 Å². The molecule has 30 heavy (non-hydrogen) atoms. The topological polar surface area (TPSA) is 81.8 Å². The Hall–Kier alpha value is -3.74. The molecule has 0 aliphatic heterocycles. The van der Waals surface area contributed by atoms with E-state index in [1.54, 1.807) is 18.6 Å². The number of rotatable bonds is 7. The van der Waals surface area contributed by atoms with E-state index in [2.05, 4.69) is 21.4 Å². The number of aromatic nitrogens is 4. The van der Waals surface area contributed by atoms with Crippen LogP contribution in [0.15, 0.2) is 72.3 Å². The number of hydrogen-bond donors (Lipinski definition) is 1. The van der Waals surface area contributed by atoms with Gasteiger partial charge in [0.05, 0.1) is 23.6 Å². The highest BCUT2D eigenvalue weighted by molar-refractivity contribution is 5.80. The fraction of sp³-hybridized carbons (Fsp3) is 0.217. The minimum Gasteiger partial charge on any atom is -0.352 e. The number of nitrogens with zero attached hydrogens (tertiary/aromatic N) is 4. The number of hydrogen-bond acceptors (Lipinski definition) is 4. The molecular weight excluding hydrogens is 378 g/mol. The summed E-state index contributed by atoms with van der Waals surface area (Å²) >= 11 is 0. The second-order valence-electron chi connectivity index (χ2n) is 7.30. The molecule has 2 aromatic heterocycles. The van der Waals surface area contributed by atoms with E-state index < -0.39 is 0 Å². The van der Waals surface area contributed by atoms with Crippen molar-refractivity contribution in [2.75, 3.05) is 0 Å². The van der Waals surface area contributed by atoms with E-state index >= 15 is 0 Å². The van der Waals surface area contributed by atoms with Crippen molar-refractivity contribution < 1.29 is 4.79 Å². The molecule has 0 bridgehead atoms. The van der Waals surface area contributed by atoms with Gasteiger partial charge in [-0.05, 0) is 29.7 Å². The van der Waals surface area contributed by atoms with Gasteiger partial charge in [-0.1, -0.05) is 36.4 Å². The zero-order valence-corrected chi connectivity index (χ0v) is 16.8. The lowest BCUT2D eigenvalue weighted by molar-refractivity contribution is -0.121. The number of fused-ring (bicyclic) bond motifs is 1. The first-order valence-electron chi connectivity index (χ1n) is 9.85. The Morgan fingerprint density at radius 1 is 1.10 bits per heavy atom. The summed E-state index contributed by atoms with van der Waals surface area (Å²) in [5, 5.41) is 3.50. The maximum Gasteiger partial charge on any atom is 0.261 e. The molecule has 4 aromatic rings. The average molecular weight is 401 g/mol. The van der Waals surface area contributed by atoms with Crippen molar-refractivity contribution in [2.24, 2.45) is 0 Å². The Morgan fingerprint density at radius 2 is 1.93 bits per heavy atom. The summed E-state index contributed by atoms with van der Waals surface area (Å²) in [6.45, 7) is 3.40. The largest absolute Gasteiger partial charge is 0.352 e. The van der Waals surface area contributed by atoms with Gasteiger partial charge in [0.2, 0.25) is 5.91 Å². The molecule has 7 heteroatoms. The van der Waals surface area contributed by atoms with Gasteiger partial charge in [0.1, 0.15) is 0 Å². The zero-order chi connectivity index (χ0) is 20.9. The molecule has 0 saturated heterocycles. The molecule has 152 valence electrons. The summed E-state index contributed by atoms with van der Waals surface area (Å²) in [7, 11) is 0. The Labute approximate surface area is 174 Å². The van der Waals surface area contributed by atoms with Crippen LogP contribution in [0.4, 0.5) is 0 Å². The lowest BCUT2D eigenvalue weighted by Crippen LogP contribution is -2.27. The predicted octanol–water partition coefficient (Wildman–Crippen LogP) is 2.66. The van der Waals surface area contributed by atoms with Crippen LogP contribution in [0.25, 0.3) is 10.9 Å². The minimum atomic E-state index is -0.122. The fourth-order valence-corrected chi connectivity index (χ4v) is 3.44. The van der Waals surface area contributed by atoms with Crippen LogP contribution < -0.4 is 10.9 Å². The summed E-state index contributed by atoms with van der Waals surface area (Å²) in [5.74, 6) is -0.105. The zero-order valence-electron chi connectivity index (χ0n) is 16.8. The number of amides is 1. The maximum atomic E-state index is 12.6. The molecule has 0 aliphatic carbocycles. The molecule has 1 amide bonds. The number of aryl methyl sites for hydroxylation is 2. The molecule has 0 unspecified atom stereocenters. The van der Waals surface area contributed by atoms with Crippen LogP contribution in [0, 0.1) is 6.92 Å². The van der Waals surface area contributed by atoms with E-state index in [1.807, 2.05) is 48.0 Å². The molecule has 1 N–H and O–H groups in total. The van der Waals surface area contributed by atoms with E-state index in [0.29, 0.717) is 24.0 Å². The van der Waals surface area contributed by atoms with Crippen molar-refractivity contribution in [3.8, 4) is 0 Å². The van der Waals surface area contributed by atoms with E-state index in [4.69, 9.17) is 0 Å².